The molecule has 0 aromatic heterocycles. The van der Waals surface area contributed by atoms with Crippen LogP contribution in [0.25, 0.3) is 0 Å². The number of carbonyl (C=O) groups excluding carboxylic acids is 1. The summed E-state index contributed by atoms with van der Waals surface area (Å²) in [6, 6.07) is 6.23. The van der Waals surface area contributed by atoms with Crippen molar-refractivity contribution in [1.29, 1.82) is 0 Å². The Morgan fingerprint density at radius 3 is 2.77 bits per heavy atom. The summed E-state index contributed by atoms with van der Waals surface area (Å²) < 4.78 is 12.8. The number of rotatable bonds is 4. The van der Waals surface area contributed by atoms with E-state index < -0.39 is 0 Å². The van der Waals surface area contributed by atoms with E-state index in [4.69, 9.17) is 0 Å². The van der Waals surface area contributed by atoms with Crippen molar-refractivity contribution < 1.29 is 9.18 Å². The molecule has 122 valence electrons. The highest BCUT2D eigenvalue weighted by atomic mass is 35.5. The molecule has 0 saturated carbocycles. The first kappa shape index (κ1) is 17.2. The summed E-state index contributed by atoms with van der Waals surface area (Å²) in [5, 5.41) is 6.33. The summed E-state index contributed by atoms with van der Waals surface area (Å²) >= 11 is 0. The molecular formula is C16H23ClFN3O. The molecule has 1 amide bonds. The smallest absolute Gasteiger partial charge is 0.234 e. The van der Waals surface area contributed by atoms with Crippen LogP contribution < -0.4 is 10.6 Å². The van der Waals surface area contributed by atoms with Gasteiger partial charge in [-0.2, -0.15) is 0 Å². The van der Waals surface area contributed by atoms with Gasteiger partial charge in [0.2, 0.25) is 5.91 Å². The largest absolute Gasteiger partial charge is 0.351 e. The van der Waals surface area contributed by atoms with E-state index in [-0.39, 0.29) is 24.1 Å². The molecule has 4 nitrogen and oxygen atoms in total. The molecule has 2 aliphatic rings. The third-order valence-electron chi connectivity index (χ3n) is 4.62. The van der Waals surface area contributed by atoms with Gasteiger partial charge in [0.05, 0.1) is 6.54 Å². The zero-order valence-electron chi connectivity index (χ0n) is 12.6. The van der Waals surface area contributed by atoms with Crippen molar-refractivity contribution in [2.75, 3.05) is 32.7 Å². The van der Waals surface area contributed by atoms with Crippen LogP contribution in [0.1, 0.15) is 18.4 Å². The monoisotopic (exact) mass is 327 g/mol. The number of nitrogens with one attached hydrogen (secondary N) is 2. The number of carbonyl (C=O) groups is 1. The van der Waals surface area contributed by atoms with Gasteiger partial charge in [0.15, 0.2) is 0 Å². The Bertz CT molecular complexity index is 503. The summed E-state index contributed by atoms with van der Waals surface area (Å²) in [6.45, 7) is 5.13. The number of benzene rings is 1. The minimum atomic E-state index is -0.252. The SMILES string of the molecule is Cl.O=C(CN1CCC2(CCNC2)C1)NCc1ccc(F)cc1. The minimum Gasteiger partial charge on any atom is -0.351 e. The lowest BCUT2D eigenvalue weighted by Gasteiger charge is -2.22. The van der Waals surface area contributed by atoms with Gasteiger partial charge in [-0.15, -0.1) is 12.4 Å². The van der Waals surface area contributed by atoms with Crippen molar-refractivity contribution in [3.8, 4) is 0 Å². The van der Waals surface area contributed by atoms with Crippen molar-refractivity contribution in [2.24, 2.45) is 5.41 Å². The molecule has 0 aliphatic carbocycles. The first-order valence-electron chi connectivity index (χ1n) is 7.60. The average molecular weight is 328 g/mol. The van der Waals surface area contributed by atoms with Gasteiger partial charge in [-0.1, -0.05) is 12.1 Å². The number of halogens is 2. The molecular weight excluding hydrogens is 305 g/mol. The first-order chi connectivity index (χ1) is 10.2. The number of amides is 1. The van der Waals surface area contributed by atoms with Crippen LogP contribution in [0, 0.1) is 11.2 Å². The fourth-order valence-electron chi connectivity index (χ4n) is 3.37. The van der Waals surface area contributed by atoms with Gasteiger partial charge < -0.3 is 10.6 Å². The fraction of sp³-hybridized carbons (Fsp3) is 0.562. The molecule has 2 saturated heterocycles. The molecule has 2 N–H and O–H groups in total. The molecule has 22 heavy (non-hydrogen) atoms. The Labute approximate surface area is 136 Å². The Hall–Kier alpha value is -1.17. The first-order valence-corrected chi connectivity index (χ1v) is 7.60. The van der Waals surface area contributed by atoms with E-state index in [0.29, 0.717) is 18.5 Å². The summed E-state index contributed by atoms with van der Waals surface area (Å²) in [7, 11) is 0. The highest BCUT2D eigenvalue weighted by Crippen LogP contribution is 2.35. The topological polar surface area (TPSA) is 44.4 Å². The molecule has 2 fully saturated rings. The van der Waals surface area contributed by atoms with Crippen LogP contribution in [-0.4, -0.2) is 43.5 Å². The van der Waals surface area contributed by atoms with Gasteiger partial charge in [0.1, 0.15) is 5.82 Å². The predicted molar refractivity (Wildman–Crippen MR) is 86.5 cm³/mol. The van der Waals surface area contributed by atoms with Crippen LogP contribution in [0.2, 0.25) is 0 Å². The molecule has 6 heteroatoms. The quantitative estimate of drug-likeness (QED) is 0.882. The van der Waals surface area contributed by atoms with Crippen molar-refractivity contribution in [2.45, 2.75) is 19.4 Å². The summed E-state index contributed by atoms with van der Waals surface area (Å²) in [4.78, 5) is 14.2. The maximum atomic E-state index is 12.8. The molecule has 2 heterocycles. The average Bonchev–Trinajstić information content (AvgIpc) is 3.09. The normalized spacial score (nSPS) is 24.4. The van der Waals surface area contributed by atoms with Crippen LogP contribution in [0.15, 0.2) is 24.3 Å². The Kier molecular flexibility index (Phi) is 5.78. The highest BCUT2D eigenvalue weighted by Gasteiger charge is 2.40. The summed E-state index contributed by atoms with van der Waals surface area (Å²) in [6.07, 6.45) is 2.41. The van der Waals surface area contributed by atoms with Crippen LogP contribution in [-0.2, 0) is 11.3 Å². The van der Waals surface area contributed by atoms with E-state index in [1.165, 1.54) is 25.0 Å². The van der Waals surface area contributed by atoms with E-state index in [1.807, 2.05) is 0 Å². The molecule has 0 bridgehead atoms. The second kappa shape index (κ2) is 7.40. The third kappa shape index (κ3) is 4.18. The second-order valence-corrected chi connectivity index (χ2v) is 6.29. The van der Waals surface area contributed by atoms with Crippen LogP contribution >= 0.6 is 12.4 Å². The molecule has 3 rings (SSSR count). The Morgan fingerprint density at radius 2 is 2.09 bits per heavy atom. The number of nitrogens with zero attached hydrogens (tertiary/aromatic N) is 1. The van der Waals surface area contributed by atoms with Gasteiger partial charge in [-0.3, -0.25) is 9.69 Å². The van der Waals surface area contributed by atoms with Gasteiger partial charge in [0.25, 0.3) is 0 Å². The summed E-state index contributed by atoms with van der Waals surface area (Å²) in [5.41, 5.74) is 1.32. The highest BCUT2D eigenvalue weighted by molar-refractivity contribution is 5.85. The molecule has 0 radical (unpaired) electrons. The maximum Gasteiger partial charge on any atom is 0.234 e. The van der Waals surface area contributed by atoms with Crippen LogP contribution in [0.3, 0.4) is 0 Å². The van der Waals surface area contributed by atoms with Gasteiger partial charge >= 0.3 is 0 Å². The number of hydrogen-bond donors (Lipinski definition) is 2. The van der Waals surface area contributed by atoms with Crippen molar-refractivity contribution >= 4 is 18.3 Å². The van der Waals surface area contributed by atoms with E-state index >= 15 is 0 Å². The van der Waals surface area contributed by atoms with E-state index in [2.05, 4.69) is 15.5 Å². The minimum absolute atomic E-state index is 0. The number of likely N-dealkylation sites (tertiary alicyclic amines) is 1. The van der Waals surface area contributed by atoms with Gasteiger partial charge in [0, 0.05) is 19.6 Å². The van der Waals surface area contributed by atoms with Crippen LogP contribution in [0.4, 0.5) is 4.39 Å². The molecule has 2 aliphatic heterocycles. The molecule has 1 spiro atoms. The lowest BCUT2D eigenvalue weighted by Crippen LogP contribution is -2.37. The van der Waals surface area contributed by atoms with E-state index in [9.17, 15) is 9.18 Å². The Balaban J connectivity index is 0.00000176. The zero-order chi connectivity index (χ0) is 14.7. The van der Waals surface area contributed by atoms with Gasteiger partial charge in [-0.25, -0.2) is 4.39 Å². The maximum absolute atomic E-state index is 12.8. The van der Waals surface area contributed by atoms with Crippen molar-refractivity contribution in [3.05, 3.63) is 35.6 Å². The van der Waals surface area contributed by atoms with Crippen molar-refractivity contribution in [1.82, 2.24) is 15.5 Å². The van der Waals surface area contributed by atoms with Gasteiger partial charge in [-0.05, 0) is 49.0 Å². The zero-order valence-corrected chi connectivity index (χ0v) is 13.4. The van der Waals surface area contributed by atoms with Crippen molar-refractivity contribution in [3.63, 3.8) is 0 Å². The Morgan fingerprint density at radius 1 is 1.32 bits per heavy atom. The van der Waals surface area contributed by atoms with Crippen LogP contribution in [0.5, 0.6) is 0 Å². The lowest BCUT2D eigenvalue weighted by atomic mass is 9.87. The number of hydrogen-bond acceptors (Lipinski definition) is 3. The fourth-order valence-corrected chi connectivity index (χ4v) is 3.37. The second-order valence-electron chi connectivity index (χ2n) is 6.29. The molecule has 1 unspecified atom stereocenters. The standard InChI is InChI=1S/C16H22FN3O.ClH/c17-14-3-1-13(2-4-14)9-19-15(21)10-20-8-6-16(12-20)5-7-18-11-16;/h1-4,18H,5-12H2,(H,19,21);1H. The molecule has 1 aromatic rings. The summed E-state index contributed by atoms with van der Waals surface area (Å²) in [5.74, 6) is -0.208. The molecule has 1 atom stereocenters. The predicted octanol–water partition coefficient (Wildman–Crippen LogP) is 1.55. The molecule has 1 aromatic carbocycles. The third-order valence-corrected chi connectivity index (χ3v) is 4.62. The lowest BCUT2D eigenvalue weighted by molar-refractivity contribution is -0.122. The van der Waals surface area contributed by atoms with E-state index in [0.717, 1.165) is 31.7 Å². The van der Waals surface area contributed by atoms with E-state index in [1.54, 1.807) is 12.1 Å².